The molecule has 0 aliphatic carbocycles. The Kier molecular flexibility index (Phi) is 3.30. The van der Waals surface area contributed by atoms with Gasteiger partial charge >= 0.3 is 0 Å². The molecule has 0 fully saturated rings. The maximum atomic E-state index is 6.19. The topological polar surface area (TPSA) is 67.6 Å². The molecule has 0 aliphatic rings. The van der Waals surface area contributed by atoms with Gasteiger partial charge in [-0.25, -0.2) is 15.0 Å². The van der Waals surface area contributed by atoms with Crippen LogP contribution >= 0.6 is 11.6 Å². The van der Waals surface area contributed by atoms with Crippen molar-refractivity contribution in [1.29, 1.82) is 0 Å². The second-order valence-corrected chi connectivity index (χ2v) is 5.07. The number of hydrogen-bond acceptors (Lipinski definition) is 4. The van der Waals surface area contributed by atoms with Crippen molar-refractivity contribution >= 4 is 22.8 Å². The second kappa shape index (κ2) is 5.59. The highest BCUT2D eigenvalue weighted by Crippen LogP contribution is 2.23. The lowest BCUT2D eigenvalue weighted by molar-refractivity contribution is 0.578. The molecule has 0 radical (unpaired) electrons. The van der Waals surface area contributed by atoms with Gasteiger partial charge in [0.05, 0.1) is 6.26 Å². The van der Waals surface area contributed by atoms with Crippen LogP contribution in [0.1, 0.15) is 11.4 Å². The standard InChI is InChI=1S/C17H9ClN4O/c18-15-14-17(22-16(21-14)12-7-4-10-23-12)20-13(19-15)9-8-11-5-2-1-3-6-11/h1-7,10H,(H,19,20,21,22). The lowest BCUT2D eigenvalue weighted by Gasteiger charge is -1.93. The van der Waals surface area contributed by atoms with E-state index in [9.17, 15) is 0 Å². The molecular formula is C17H9ClN4O. The minimum Gasteiger partial charge on any atom is -0.461 e. The molecule has 0 aliphatic heterocycles. The Bertz CT molecular complexity index is 1030. The average Bonchev–Trinajstić information content (AvgIpc) is 3.23. The minimum absolute atomic E-state index is 0.251. The molecule has 110 valence electrons. The van der Waals surface area contributed by atoms with Crippen LogP contribution in [0.4, 0.5) is 0 Å². The highest BCUT2D eigenvalue weighted by atomic mass is 35.5. The first-order valence-corrected chi connectivity index (χ1v) is 7.21. The smallest absolute Gasteiger partial charge is 0.208 e. The van der Waals surface area contributed by atoms with E-state index in [0.717, 1.165) is 5.56 Å². The zero-order valence-electron chi connectivity index (χ0n) is 11.7. The van der Waals surface area contributed by atoms with E-state index in [2.05, 4.69) is 31.8 Å². The molecular weight excluding hydrogens is 312 g/mol. The van der Waals surface area contributed by atoms with Crippen molar-refractivity contribution in [3.05, 3.63) is 65.3 Å². The van der Waals surface area contributed by atoms with Gasteiger partial charge in [-0.1, -0.05) is 35.7 Å². The number of nitrogens with one attached hydrogen (secondary N) is 1. The first kappa shape index (κ1) is 13.6. The van der Waals surface area contributed by atoms with E-state index in [1.54, 1.807) is 18.4 Å². The summed E-state index contributed by atoms with van der Waals surface area (Å²) in [5, 5.41) is 0.251. The first-order valence-electron chi connectivity index (χ1n) is 6.84. The monoisotopic (exact) mass is 320 g/mol. The van der Waals surface area contributed by atoms with Crippen molar-refractivity contribution in [3.8, 4) is 23.4 Å². The van der Waals surface area contributed by atoms with E-state index < -0.39 is 0 Å². The number of rotatable bonds is 1. The van der Waals surface area contributed by atoms with Crippen molar-refractivity contribution in [3.63, 3.8) is 0 Å². The molecule has 0 unspecified atom stereocenters. The number of imidazole rings is 1. The van der Waals surface area contributed by atoms with Crippen LogP contribution in [-0.2, 0) is 0 Å². The predicted molar refractivity (Wildman–Crippen MR) is 86.8 cm³/mol. The quantitative estimate of drug-likeness (QED) is 0.429. The molecule has 4 aromatic rings. The Morgan fingerprint density at radius 1 is 0.957 bits per heavy atom. The lowest BCUT2D eigenvalue weighted by Crippen LogP contribution is -1.91. The van der Waals surface area contributed by atoms with Gasteiger partial charge in [0.1, 0.15) is 5.52 Å². The van der Waals surface area contributed by atoms with Gasteiger partial charge in [-0.2, -0.15) is 0 Å². The Hall–Kier alpha value is -3.10. The Balaban J connectivity index is 1.77. The van der Waals surface area contributed by atoms with Crippen molar-refractivity contribution in [2.45, 2.75) is 0 Å². The average molecular weight is 321 g/mol. The molecule has 0 atom stereocenters. The lowest BCUT2D eigenvalue weighted by atomic mass is 10.2. The van der Waals surface area contributed by atoms with Crippen molar-refractivity contribution in [1.82, 2.24) is 19.9 Å². The van der Waals surface area contributed by atoms with Crippen LogP contribution in [0.25, 0.3) is 22.7 Å². The van der Waals surface area contributed by atoms with Gasteiger partial charge in [0.2, 0.25) is 5.82 Å². The summed E-state index contributed by atoms with van der Waals surface area (Å²) in [5.41, 5.74) is 1.89. The normalized spacial score (nSPS) is 10.5. The van der Waals surface area contributed by atoms with Crippen LogP contribution in [0.15, 0.2) is 53.1 Å². The number of furan rings is 1. The van der Waals surface area contributed by atoms with E-state index >= 15 is 0 Å². The van der Waals surface area contributed by atoms with E-state index in [0.29, 0.717) is 28.6 Å². The van der Waals surface area contributed by atoms with E-state index in [1.807, 2.05) is 30.3 Å². The maximum absolute atomic E-state index is 6.19. The third kappa shape index (κ3) is 2.68. The van der Waals surface area contributed by atoms with Gasteiger partial charge < -0.3 is 9.40 Å². The van der Waals surface area contributed by atoms with Gasteiger partial charge in [-0.3, -0.25) is 0 Å². The molecule has 0 bridgehead atoms. The summed E-state index contributed by atoms with van der Waals surface area (Å²) < 4.78 is 5.31. The van der Waals surface area contributed by atoms with Crippen LogP contribution in [-0.4, -0.2) is 19.9 Å². The molecule has 0 saturated heterocycles. The summed E-state index contributed by atoms with van der Waals surface area (Å²) in [4.78, 5) is 16.0. The summed E-state index contributed by atoms with van der Waals surface area (Å²) in [5.74, 6) is 7.40. The predicted octanol–water partition coefficient (Wildman–Crippen LogP) is 3.67. The molecule has 23 heavy (non-hydrogen) atoms. The van der Waals surface area contributed by atoms with Gasteiger partial charge in [-0.15, -0.1) is 0 Å². The van der Waals surface area contributed by atoms with E-state index in [1.165, 1.54) is 0 Å². The molecule has 3 heterocycles. The van der Waals surface area contributed by atoms with Crippen LogP contribution in [0.2, 0.25) is 5.15 Å². The molecule has 1 aromatic carbocycles. The number of halogens is 1. The van der Waals surface area contributed by atoms with Crippen molar-refractivity contribution in [2.24, 2.45) is 0 Å². The first-order chi connectivity index (χ1) is 11.3. The third-order valence-electron chi connectivity index (χ3n) is 3.15. The SMILES string of the molecule is Clc1nc(C#Cc2ccccc2)nc2[nH]c(-c3ccco3)nc12. The van der Waals surface area contributed by atoms with Gasteiger partial charge in [0.25, 0.3) is 0 Å². The Labute approximate surface area is 136 Å². The maximum Gasteiger partial charge on any atom is 0.208 e. The number of nitrogens with zero attached hydrogens (tertiary/aromatic N) is 3. The zero-order valence-corrected chi connectivity index (χ0v) is 12.5. The molecule has 3 aromatic heterocycles. The summed E-state index contributed by atoms with van der Waals surface area (Å²) in [6.45, 7) is 0. The summed E-state index contributed by atoms with van der Waals surface area (Å²) in [7, 11) is 0. The van der Waals surface area contributed by atoms with E-state index in [-0.39, 0.29) is 5.15 Å². The summed E-state index contributed by atoms with van der Waals surface area (Å²) >= 11 is 6.19. The number of fused-ring (bicyclic) bond motifs is 1. The number of benzene rings is 1. The van der Waals surface area contributed by atoms with Crippen LogP contribution in [0, 0.1) is 11.8 Å². The Morgan fingerprint density at radius 3 is 2.61 bits per heavy atom. The largest absolute Gasteiger partial charge is 0.461 e. The minimum atomic E-state index is 0.251. The zero-order chi connectivity index (χ0) is 15.6. The fourth-order valence-corrected chi connectivity index (χ4v) is 2.31. The van der Waals surface area contributed by atoms with Crippen LogP contribution in [0.5, 0.6) is 0 Å². The number of H-pyrrole nitrogens is 1. The number of hydrogen-bond donors (Lipinski definition) is 1. The van der Waals surface area contributed by atoms with E-state index in [4.69, 9.17) is 16.0 Å². The highest BCUT2D eigenvalue weighted by molar-refractivity contribution is 6.33. The fourth-order valence-electron chi connectivity index (χ4n) is 2.10. The number of aromatic amines is 1. The highest BCUT2D eigenvalue weighted by Gasteiger charge is 2.13. The van der Waals surface area contributed by atoms with Crippen molar-refractivity contribution < 1.29 is 4.42 Å². The molecule has 0 spiro atoms. The molecule has 1 N–H and O–H groups in total. The molecule has 4 rings (SSSR count). The molecule has 5 nitrogen and oxygen atoms in total. The number of aromatic nitrogens is 4. The van der Waals surface area contributed by atoms with Gasteiger partial charge in [0, 0.05) is 5.56 Å². The second-order valence-electron chi connectivity index (χ2n) is 4.71. The summed E-state index contributed by atoms with van der Waals surface area (Å²) in [6.07, 6.45) is 1.58. The van der Waals surface area contributed by atoms with Crippen LogP contribution < -0.4 is 0 Å². The van der Waals surface area contributed by atoms with Crippen molar-refractivity contribution in [2.75, 3.05) is 0 Å². The fraction of sp³-hybridized carbons (Fsp3) is 0. The Morgan fingerprint density at radius 2 is 1.83 bits per heavy atom. The van der Waals surface area contributed by atoms with Crippen LogP contribution in [0.3, 0.4) is 0 Å². The third-order valence-corrected chi connectivity index (χ3v) is 3.41. The van der Waals surface area contributed by atoms with Gasteiger partial charge in [-0.05, 0) is 30.2 Å². The van der Waals surface area contributed by atoms with Gasteiger partial charge in [0.15, 0.2) is 22.4 Å². The molecule has 0 amide bonds. The summed E-state index contributed by atoms with van der Waals surface area (Å²) in [6, 6.07) is 13.2. The molecule has 6 heteroatoms. The molecule has 0 saturated carbocycles.